The molecule has 11 heteroatoms. The third-order valence-corrected chi connectivity index (χ3v) is 8.58. The summed E-state index contributed by atoms with van der Waals surface area (Å²) in [6, 6.07) is 18.8. The Balaban J connectivity index is 1.67. The Morgan fingerprint density at radius 2 is 1.75 bits per heavy atom. The summed E-state index contributed by atoms with van der Waals surface area (Å²) in [6.07, 6.45) is 1.68. The molecule has 0 spiro atoms. The van der Waals surface area contributed by atoms with Gasteiger partial charge in [-0.3, -0.25) is 19.5 Å². The molecule has 0 saturated carbocycles. The first-order valence-corrected chi connectivity index (χ1v) is 15.3. The molecule has 1 N–H and O–H groups in total. The van der Waals surface area contributed by atoms with E-state index in [9.17, 15) is 9.59 Å². The zero-order valence-electron chi connectivity index (χ0n) is 25.8. The van der Waals surface area contributed by atoms with Gasteiger partial charge in [0.05, 0.1) is 56.0 Å². The average Bonchev–Trinajstić information content (AvgIpc) is 3.37. The Morgan fingerprint density at radius 1 is 1.00 bits per heavy atom. The van der Waals surface area contributed by atoms with E-state index in [0.717, 1.165) is 28.2 Å². The maximum atomic E-state index is 13.9. The minimum absolute atomic E-state index is 0.160. The standard InChI is InChI=1S/C33H37N5O5S/c1-33(2,3)31-29-30(21-10-15-25(42-5)26(17-21)43-6)44-20-28(40)37(19-27(39)35-18-22-9-7-8-16-34-22)32(29)38(36-31)23-11-13-24(41-4)14-12-23/h7-17,30H,18-20H2,1-6H3,(H,35,39)/t30-/m1/s1. The van der Waals surface area contributed by atoms with Crippen molar-refractivity contribution in [1.29, 1.82) is 0 Å². The van der Waals surface area contributed by atoms with Crippen LogP contribution < -0.4 is 24.4 Å². The van der Waals surface area contributed by atoms with Crippen LogP contribution in [0.2, 0.25) is 0 Å². The van der Waals surface area contributed by atoms with Crippen molar-refractivity contribution in [2.45, 2.75) is 38.0 Å². The van der Waals surface area contributed by atoms with Crippen LogP contribution >= 0.6 is 11.8 Å². The number of rotatable bonds is 9. The van der Waals surface area contributed by atoms with E-state index >= 15 is 0 Å². The van der Waals surface area contributed by atoms with Crippen molar-refractivity contribution in [3.63, 3.8) is 0 Å². The lowest BCUT2D eigenvalue weighted by Gasteiger charge is -2.25. The first kappa shape index (κ1) is 30.9. The van der Waals surface area contributed by atoms with Crippen molar-refractivity contribution in [3.05, 3.63) is 89.4 Å². The van der Waals surface area contributed by atoms with Crippen LogP contribution in [-0.2, 0) is 21.5 Å². The third kappa shape index (κ3) is 6.37. The lowest BCUT2D eigenvalue weighted by molar-refractivity contribution is -0.123. The quantitative estimate of drug-likeness (QED) is 0.278. The fourth-order valence-corrected chi connectivity index (χ4v) is 6.33. The lowest BCUT2D eigenvalue weighted by atomic mass is 9.87. The first-order chi connectivity index (χ1) is 21.1. The van der Waals surface area contributed by atoms with Crippen LogP contribution in [0, 0.1) is 0 Å². The number of anilines is 1. The number of hydrogen-bond donors (Lipinski definition) is 1. The second-order valence-electron chi connectivity index (χ2n) is 11.3. The molecule has 0 bridgehead atoms. The van der Waals surface area contributed by atoms with Gasteiger partial charge in [-0.1, -0.05) is 32.9 Å². The zero-order valence-corrected chi connectivity index (χ0v) is 26.6. The Bertz CT molecular complexity index is 1630. The van der Waals surface area contributed by atoms with Gasteiger partial charge in [-0.05, 0) is 54.1 Å². The fourth-order valence-electron chi connectivity index (χ4n) is 5.15. The van der Waals surface area contributed by atoms with E-state index in [1.165, 1.54) is 11.8 Å². The number of thioether (sulfide) groups is 1. The molecule has 0 fully saturated rings. The maximum Gasteiger partial charge on any atom is 0.240 e. The van der Waals surface area contributed by atoms with Crippen molar-refractivity contribution in [2.75, 3.05) is 38.5 Å². The number of nitrogens with one attached hydrogen (secondary N) is 1. The van der Waals surface area contributed by atoms with Crippen LogP contribution in [0.25, 0.3) is 5.69 Å². The predicted molar refractivity (Wildman–Crippen MR) is 171 cm³/mol. The number of benzene rings is 2. The normalized spacial score (nSPS) is 14.9. The molecular formula is C33H37N5O5S. The summed E-state index contributed by atoms with van der Waals surface area (Å²) in [7, 11) is 4.81. The van der Waals surface area contributed by atoms with Gasteiger partial charge in [0.25, 0.3) is 0 Å². The van der Waals surface area contributed by atoms with E-state index in [-0.39, 0.29) is 35.9 Å². The highest BCUT2D eigenvalue weighted by Gasteiger charge is 2.40. The van der Waals surface area contributed by atoms with Gasteiger partial charge in [0.1, 0.15) is 18.1 Å². The van der Waals surface area contributed by atoms with Crippen molar-refractivity contribution in [2.24, 2.45) is 0 Å². The van der Waals surface area contributed by atoms with Crippen molar-refractivity contribution < 1.29 is 23.8 Å². The van der Waals surface area contributed by atoms with Gasteiger partial charge in [0.15, 0.2) is 11.5 Å². The second kappa shape index (κ2) is 13.0. The summed E-state index contributed by atoms with van der Waals surface area (Å²) in [5.41, 5.74) is 3.70. The summed E-state index contributed by atoms with van der Waals surface area (Å²) in [6.45, 7) is 6.37. The van der Waals surface area contributed by atoms with E-state index in [2.05, 4.69) is 31.1 Å². The number of amides is 2. The van der Waals surface area contributed by atoms with Crippen molar-refractivity contribution >= 4 is 29.4 Å². The molecule has 2 aromatic carbocycles. The van der Waals surface area contributed by atoms with Crippen LogP contribution in [0.15, 0.2) is 66.9 Å². The van der Waals surface area contributed by atoms with E-state index in [4.69, 9.17) is 19.3 Å². The number of carbonyl (C=O) groups excluding carboxylic acids is 2. The van der Waals surface area contributed by atoms with E-state index in [1.54, 1.807) is 37.1 Å². The molecule has 1 atom stereocenters. The summed E-state index contributed by atoms with van der Waals surface area (Å²) >= 11 is 1.50. The van der Waals surface area contributed by atoms with Gasteiger partial charge in [0, 0.05) is 17.2 Å². The molecule has 2 amide bonds. The molecule has 0 saturated heterocycles. The molecule has 5 rings (SSSR count). The first-order valence-electron chi connectivity index (χ1n) is 14.2. The van der Waals surface area contributed by atoms with Gasteiger partial charge >= 0.3 is 0 Å². The lowest BCUT2D eigenvalue weighted by Crippen LogP contribution is -2.42. The maximum absolute atomic E-state index is 13.9. The van der Waals surface area contributed by atoms with Crippen LogP contribution in [0.1, 0.15) is 48.5 Å². The second-order valence-corrected chi connectivity index (χ2v) is 12.4. The number of fused-ring (bicyclic) bond motifs is 1. The van der Waals surface area contributed by atoms with Gasteiger partial charge in [-0.25, -0.2) is 4.68 Å². The van der Waals surface area contributed by atoms with E-state index in [1.807, 2.05) is 60.7 Å². The summed E-state index contributed by atoms with van der Waals surface area (Å²) in [5, 5.41) is 7.78. The van der Waals surface area contributed by atoms with E-state index < -0.39 is 5.41 Å². The number of ether oxygens (including phenoxy) is 3. The van der Waals surface area contributed by atoms with Gasteiger partial charge < -0.3 is 19.5 Å². The minimum atomic E-state index is -0.391. The molecule has 1 aliphatic heterocycles. The molecule has 1 aliphatic rings. The summed E-state index contributed by atoms with van der Waals surface area (Å²) < 4.78 is 18.3. The largest absolute Gasteiger partial charge is 0.497 e. The van der Waals surface area contributed by atoms with Crippen LogP contribution in [0.3, 0.4) is 0 Å². The highest BCUT2D eigenvalue weighted by Crippen LogP contribution is 2.49. The van der Waals surface area contributed by atoms with E-state index in [0.29, 0.717) is 23.1 Å². The summed E-state index contributed by atoms with van der Waals surface area (Å²) in [5.74, 6) is 2.13. The Hall–Kier alpha value is -4.51. The Labute approximate surface area is 261 Å². The predicted octanol–water partition coefficient (Wildman–Crippen LogP) is 5.08. The highest BCUT2D eigenvalue weighted by molar-refractivity contribution is 8.00. The van der Waals surface area contributed by atoms with Gasteiger partial charge in [0.2, 0.25) is 11.8 Å². The molecule has 230 valence electrons. The number of aromatic nitrogens is 3. The van der Waals surface area contributed by atoms with Gasteiger partial charge in [-0.2, -0.15) is 5.10 Å². The molecule has 44 heavy (non-hydrogen) atoms. The third-order valence-electron chi connectivity index (χ3n) is 7.32. The van der Waals surface area contributed by atoms with Crippen molar-refractivity contribution in [3.8, 4) is 22.9 Å². The number of carbonyl (C=O) groups is 2. The Morgan fingerprint density at radius 3 is 2.39 bits per heavy atom. The topological polar surface area (TPSA) is 108 Å². The molecule has 0 unspecified atom stereocenters. The number of pyridine rings is 1. The fraction of sp³-hybridized carbons (Fsp3) is 0.333. The Kier molecular flexibility index (Phi) is 9.14. The highest BCUT2D eigenvalue weighted by atomic mass is 32.2. The van der Waals surface area contributed by atoms with Crippen molar-refractivity contribution in [1.82, 2.24) is 20.1 Å². The molecule has 10 nitrogen and oxygen atoms in total. The van der Waals surface area contributed by atoms with Crippen LogP contribution in [0.4, 0.5) is 5.82 Å². The summed E-state index contributed by atoms with van der Waals surface area (Å²) in [4.78, 5) is 33.2. The zero-order chi connectivity index (χ0) is 31.4. The SMILES string of the molecule is COc1ccc(-n2nc(C(C)(C)C)c3c2N(CC(=O)NCc2ccccn2)C(=O)CS[C@@H]3c2ccc(OC)c(OC)c2)cc1. The molecular weight excluding hydrogens is 578 g/mol. The van der Waals surface area contributed by atoms with Gasteiger partial charge in [-0.15, -0.1) is 11.8 Å². The number of nitrogens with zero attached hydrogens (tertiary/aromatic N) is 4. The van der Waals surface area contributed by atoms with Crippen LogP contribution in [-0.4, -0.2) is 60.2 Å². The van der Waals surface area contributed by atoms with Crippen LogP contribution in [0.5, 0.6) is 17.2 Å². The monoisotopic (exact) mass is 615 g/mol. The molecule has 0 aliphatic carbocycles. The number of hydrogen-bond acceptors (Lipinski definition) is 8. The molecule has 3 heterocycles. The smallest absolute Gasteiger partial charge is 0.240 e. The molecule has 2 aromatic heterocycles. The number of methoxy groups -OCH3 is 3. The molecule has 0 radical (unpaired) electrons. The average molecular weight is 616 g/mol. The molecule has 4 aromatic rings. The minimum Gasteiger partial charge on any atom is -0.497 e.